The van der Waals surface area contributed by atoms with E-state index in [0.29, 0.717) is 11.3 Å². The van der Waals surface area contributed by atoms with Crippen molar-refractivity contribution >= 4 is 21.7 Å². The number of ketones is 1. The second kappa shape index (κ2) is 6.81. The zero-order valence-corrected chi connectivity index (χ0v) is 14.9. The van der Waals surface area contributed by atoms with Crippen molar-refractivity contribution in [2.24, 2.45) is 5.92 Å². The van der Waals surface area contributed by atoms with Crippen LogP contribution in [0.4, 0.5) is 0 Å². The maximum atomic E-state index is 12.6. The van der Waals surface area contributed by atoms with E-state index in [9.17, 15) is 4.79 Å². The fourth-order valence-electron chi connectivity index (χ4n) is 3.81. The van der Waals surface area contributed by atoms with Crippen LogP contribution in [-0.4, -0.2) is 42.4 Å². The number of nitrogens with one attached hydrogen (secondary N) is 1. The van der Waals surface area contributed by atoms with E-state index >= 15 is 0 Å². The second-order valence-corrected chi connectivity index (χ2v) is 7.80. The Bertz CT molecular complexity index is 514. The lowest BCUT2D eigenvalue weighted by Gasteiger charge is -2.47. The molecule has 1 aromatic carbocycles. The first-order chi connectivity index (χ1) is 10.6. The average Bonchev–Trinajstić information content (AvgIpc) is 2.56. The highest BCUT2D eigenvalue weighted by Gasteiger charge is 2.36. The van der Waals surface area contributed by atoms with E-state index < -0.39 is 0 Å². The fraction of sp³-hybridized carbons (Fsp3) is 0.611. The molecule has 0 aliphatic carbocycles. The summed E-state index contributed by atoms with van der Waals surface area (Å²) in [6.07, 6.45) is 4.44. The van der Waals surface area contributed by atoms with E-state index in [1.807, 2.05) is 24.3 Å². The summed E-state index contributed by atoms with van der Waals surface area (Å²) in [6, 6.07) is 7.79. The third-order valence-electron chi connectivity index (χ3n) is 5.44. The number of Topliss-reactive ketones (excluding diaryl/α,β-unsaturated/α-hetero) is 1. The minimum Gasteiger partial charge on any atom is -0.317 e. The number of benzene rings is 1. The number of likely N-dealkylation sites (tertiary alicyclic amines) is 1. The summed E-state index contributed by atoms with van der Waals surface area (Å²) in [5.74, 6) is 0.519. The molecule has 3 nitrogen and oxygen atoms in total. The molecule has 0 aromatic heterocycles. The number of carbonyl (C=O) groups excluding carboxylic acids is 1. The number of hydrogen-bond donors (Lipinski definition) is 1. The van der Waals surface area contributed by atoms with Crippen molar-refractivity contribution in [2.75, 3.05) is 26.2 Å². The molecule has 0 bridgehead atoms. The summed E-state index contributed by atoms with van der Waals surface area (Å²) in [7, 11) is 0. The molecule has 22 heavy (non-hydrogen) atoms. The molecule has 2 fully saturated rings. The van der Waals surface area contributed by atoms with Gasteiger partial charge < -0.3 is 5.32 Å². The van der Waals surface area contributed by atoms with Gasteiger partial charge in [-0.2, -0.15) is 0 Å². The Hall–Kier alpha value is -0.710. The molecule has 4 heteroatoms. The van der Waals surface area contributed by atoms with Gasteiger partial charge in [0.1, 0.15) is 0 Å². The third-order valence-corrected chi connectivity index (χ3v) is 5.97. The van der Waals surface area contributed by atoms with Gasteiger partial charge in [0, 0.05) is 21.5 Å². The average molecular weight is 365 g/mol. The van der Waals surface area contributed by atoms with Crippen molar-refractivity contribution in [3.05, 3.63) is 34.3 Å². The van der Waals surface area contributed by atoms with Gasteiger partial charge in [-0.15, -0.1) is 0 Å². The Morgan fingerprint density at radius 1 is 1.18 bits per heavy atom. The number of rotatable bonds is 3. The molecular formula is C18H25BrN2O. The molecule has 2 saturated heterocycles. The topological polar surface area (TPSA) is 32.3 Å². The van der Waals surface area contributed by atoms with Crippen LogP contribution in [0.2, 0.25) is 0 Å². The summed E-state index contributed by atoms with van der Waals surface area (Å²) in [4.78, 5) is 15.3. The normalized spacial score (nSPS) is 23.4. The highest BCUT2D eigenvalue weighted by molar-refractivity contribution is 9.10. The van der Waals surface area contributed by atoms with E-state index in [-0.39, 0.29) is 5.92 Å². The largest absolute Gasteiger partial charge is 0.317 e. The Morgan fingerprint density at radius 3 is 2.36 bits per heavy atom. The van der Waals surface area contributed by atoms with E-state index in [0.717, 1.165) is 49.1 Å². The van der Waals surface area contributed by atoms with Crippen molar-refractivity contribution < 1.29 is 4.79 Å². The van der Waals surface area contributed by atoms with Crippen LogP contribution in [0, 0.1) is 5.92 Å². The Balaban J connectivity index is 1.59. The molecule has 0 unspecified atom stereocenters. The monoisotopic (exact) mass is 364 g/mol. The SMILES string of the molecule is CC1(N2CCC(C(=O)c3ccc(Br)cc3)CC2)CCNCC1. The van der Waals surface area contributed by atoms with Gasteiger partial charge in [-0.1, -0.05) is 28.1 Å². The lowest BCUT2D eigenvalue weighted by molar-refractivity contribution is 0.0369. The smallest absolute Gasteiger partial charge is 0.166 e. The Kier molecular flexibility index (Phi) is 5.00. The highest BCUT2D eigenvalue weighted by Crippen LogP contribution is 2.31. The summed E-state index contributed by atoms with van der Waals surface area (Å²) in [5, 5.41) is 3.45. The van der Waals surface area contributed by atoms with Crippen LogP contribution in [0.15, 0.2) is 28.7 Å². The molecule has 0 atom stereocenters. The van der Waals surface area contributed by atoms with E-state index in [4.69, 9.17) is 0 Å². The van der Waals surface area contributed by atoms with Crippen molar-refractivity contribution in [3.63, 3.8) is 0 Å². The Morgan fingerprint density at radius 2 is 1.77 bits per heavy atom. The van der Waals surface area contributed by atoms with Gasteiger partial charge in [0.2, 0.25) is 0 Å². The second-order valence-electron chi connectivity index (χ2n) is 6.88. The Labute approximate surface area is 141 Å². The summed E-state index contributed by atoms with van der Waals surface area (Å²) >= 11 is 3.43. The minimum absolute atomic E-state index is 0.197. The highest BCUT2D eigenvalue weighted by atomic mass is 79.9. The molecule has 2 aliphatic heterocycles. The van der Waals surface area contributed by atoms with Gasteiger partial charge in [0.15, 0.2) is 5.78 Å². The molecule has 1 N–H and O–H groups in total. The summed E-state index contributed by atoms with van der Waals surface area (Å²) in [6.45, 7) is 6.75. The van der Waals surface area contributed by atoms with E-state index in [2.05, 4.69) is 33.1 Å². The molecule has 0 amide bonds. The van der Waals surface area contributed by atoms with Crippen LogP contribution in [0.1, 0.15) is 43.0 Å². The minimum atomic E-state index is 0.197. The van der Waals surface area contributed by atoms with Crippen LogP contribution in [0.25, 0.3) is 0 Å². The molecule has 120 valence electrons. The van der Waals surface area contributed by atoms with Gasteiger partial charge in [-0.05, 0) is 70.9 Å². The van der Waals surface area contributed by atoms with Crippen LogP contribution in [0.3, 0.4) is 0 Å². The predicted molar refractivity (Wildman–Crippen MR) is 93.3 cm³/mol. The van der Waals surface area contributed by atoms with Gasteiger partial charge in [0.05, 0.1) is 0 Å². The van der Waals surface area contributed by atoms with Crippen molar-refractivity contribution in [1.29, 1.82) is 0 Å². The van der Waals surface area contributed by atoms with Gasteiger partial charge in [-0.3, -0.25) is 9.69 Å². The number of halogens is 1. The first-order valence-electron chi connectivity index (χ1n) is 8.34. The van der Waals surface area contributed by atoms with Crippen molar-refractivity contribution in [1.82, 2.24) is 10.2 Å². The number of nitrogens with zero attached hydrogens (tertiary/aromatic N) is 1. The van der Waals surface area contributed by atoms with E-state index in [1.165, 1.54) is 12.8 Å². The lowest BCUT2D eigenvalue weighted by atomic mass is 9.83. The number of carbonyl (C=O) groups is 1. The van der Waals surface area contributed by atoms with Gasteiger partial charge in [0.25, 0.3) is 0 Å². The predicted octanol–water partition coefficient (Wildman–Crippen LogP) is 3.49. The van der Waals surface area contributed by atoms with Crippen LogP contribution in [-0.2, 0) is 0 Å². The molecule has 0 spiro atoms. The van der Waals surface area contributed by atoms with Crippen LogP contribution in [0.5, 0.6) is 0 Å². The van der Waals surface area contributed by atoms with Crippen molar-refractivity contribution in [2.45, 2.75) is 38.1 Å². The van der Waals surface area contributed by atoms with Crippen LogP contribution >= 0.6 is 15.9 Å². The molecule has 2 heterocycles. The zero-order chi connectivity index (χ0) is 15.6. The molecule has 3 rings (SSSR count). The quantitative estimate of drug-likeness (QED) is 0.833. The molecule has 0 radical (unpaired) electrons. The maximum Gasteiger partial charge on any atom is 0.166 e. The van der Waals surface area contributed by atoms with Gasteiger partial charge in [-0.25, -0.2) is 0 Å². The molecule has 0 saturated carbocycles. The third kappa shape index (κ3) is 3.44. The number of piperidine rings is 2. The first-order valence-corrected chi connectivity index (χ1v) is 9.13. The number of hydrogen-bond acceptors (Lipinski definition) is 3. The standard InChI is InChI=1S/C18H25BrN2O/c1-18(8-10-20-11-9-18)21-12-6-15(7-13-21)17(22)14-2-4-16(19)5-3-14/h2-5,15,20H,6-13H2,1H3. The summed E-state index contributed by atoms with van der Waals surface area (Å²) < 4.78 is 1.03. The van der Waals surface area contributed by atoms with Gasteiger partial charge >= 0.3 is 0 Å². The van der Waals surface area contributed by atoms with Crippen molar-refractivity contribution in [3.8, 4) is 0 Å². The summed E-state index contributed by atoms with van der Waals surface area (Å²) in [5.41, 5.74) is 1.19. The molecule has 2 aliphatic rings. The molecule has 1 aromatic rings. The zero-order valence-electron chi connectivity index (χ0n) is 13.3. The molecular weight excluding hydrogens is 340 g/mol. The first kappa shape index (κ1) is 16.2. The lowest BCUT2D eigenvalue weighted by Crippen LogP contribution is -2.55. The van der Waals surface area contributed by atoms with E-state index in [1.54, 1.807) is 0 Å². The maximum absolute atomic E-state index is 12.6. The fourth-order valence-corrected chi connectivity index (χ4v) is 4.08. The van der Waals surface area contributed by atoms with Crippen LogP contribution < -0.4 is 5.32 Å².